The summed E-state index contributed by atoms with van der Waals surface area (Å²) < 4.78 is 0. The number of thiophene rings is 1. The van der Waals surface area contributed by atoms with E-state index in [9.17, 15) is 0 Å². The first-order valence-electron chi connectivity index (χ1n) is 6.23. The first-order chi connectivity index (χ1) is 8.29. The van der Waals surface area contributed by atoms with Gasteiger partial charge in [0, 0.05) is 32.1 Å². The zero-order valence-electron chi connectivity index (χ0n) is 11.1. The zero-order chi connectivity index (χ0) is 12.1. The second-order valence-electron chi connectivity index (χ2n) is 4.62. The first-order valence-corrected chi connectivity index (χ1v) is 7.11. The van der Waals surface area contributed by atoms with Crippen LogP contribution in [-0.4, -0.2) is 38.0 Å². The molecule has 0 aliphatic heterocycles. The van der Waals surface area contributed by atoms with E-state index in [0.717, 1.165) is 31.4 Å². The second-order valence-corrected chi connectivity index (χ2v) is 5.65. The molecule has 18 heavy (non-hydrogen) atoms. The van der Waals surface area contributed by atoms with E-state index in [1.807, 2.05) is 18.4 Å². The van der Waals surface area contributed by atoms with Gasteiger partial charge in [-0.15, -0.1) is 35.3 Å². The zero-order valence-corrected chi connectivity index (χ0v) is 14.2. The minimum Gasteiger partial charge on any atom is -0.356 e. The Morgan fingerprint density at radius 3 is 2.89 bits per heavy atom. The average Bonchev–Trinajstić information content (AvgIpc) is 3.02. The fraction of sp³-hybridized carbons (Fsp3) is 0.615. The Kier molecular flexibility index (Phi) is 6.99. The highest BCUT2D eigenvalue weighted by atomic mass is 127. The molecule has 0 radical (unpaired) electrons. The van der Waals surface area contributed by atoms with E-state index < -0.39 is 0 Å². The minimum atomic E-state index is 0. The summed E-state index contributed by atoms with van der Waals surface area (Å²) in [5, 5.41) is 5.57. The van der Waals surface area contributed by atoms with Crippen molar-refractivity contribution in [3.05, 3.63) is 22.4 Å². The summed E-state index contributed by atoms with van der Waals surface area (Å²) in [5.41, 5.74) is 0. The molecule has 2 rings (SSSR count). The molecular formula is C13H22IN3S. The predicted octanol–water partition coefficient (Wildman–Crippen LogP) is 2.83. The minimum absolute atomic E-state index is 0. The van der Waals surface area contributed by atoms with Crippen molar-refractivity contribution in [2.75, 3.05) is 27.2 Å². The summed E-state index contributed by atoms with van der Waals surface area (Å²) in [6.45, 7) is 2.10. The molecule has 0 bridgehead atoms. The summed E-state index contributed by atoms with van der Waals surface area (Å²) in [7, 11) is 3.96. The quantitative estimate of drug-likeness (QED) is 0.484. The number of nitrogens with zero attached hydrogens (tertiary/aromatic N) is 2. The van der Waals surface area contributed by atoms with E-state index in [2.05, 4.69) is 39.8 Å². The third-order valence-corrected chi connectivity index (χ3v) is 4.03. The van der Waals surface area contributed by atoms with Gasteiger partial charge in [-0.2, -0.15) is 0 Å². The van der Waals surface area contributed by atoms with E-state index >= 15 is 0 Å². The molecule has 1 N–H and O–H groups in total. The lowest BCUT2D eigenvalue weighted by atomic mass is 10.3. The SMILES string of the molecule is CN=C(NCC1CC1)N(C)CCc1cccs1.I. The van der Waals surface area contributed by atoms with Crippen LogP contribution in [0, 0.1) is 5.92 Å². The Labute approximate surface area is 131 Å². The van der Waals surface area contributed by atoms with Gasteiger partial charge in [0.25, 0.3) is 0 Å². The van der Waals surface area contributed by atoms with Crippen LogP contribution in [0.3, 0.4) is 0 Å². The van der Waals surface area contributed by atoms with Crippen molar-refractivity contribution in [1.82, 2.24) is 10.2 Å². The Bertz CT molecular complexity index is 360. The predicted molar refractivity (Wildman–Crippen MR) is 90.2 cm³/mol. The molecule has 0 spiro atoms. The number of aliphatic imine (C=N–C) groups is 1. The lowest BCUT2D eigenvalue weighted by Gasteiger charge is -2.21. The van der Waals surface area contributed by atoms with Gasteiger partial charge in [0.1, 0.15) is 0 Å². The topological polar surface area (TPSA) is 27.6 Å². The number of guanidine groups is 1. The Balaban J connectivity index is 0.00000162. The van der Waals surface area contributed by atoms with Crippen molar-refractivity contribution < 1.29 is 0 Å². The summed E-state index contributed by atoms with van der Waals surface area (Å²) in [4.78, 5) is 7.97. The molecule has 1 aliphatic rings. The van der Waals surface area contributed by atoms with Crippen molar-refractivity contribution in [3.63, 3.8) is 0 Å². The van der Waals surface area contributed by atoms with Crippen LogP contribution in [0.1, 0.15) is 17.7 Å². The van der Waals surface area contributed by atoms with Crippen LogP contribution >= 0.6 is 35.3 Å². The fourth-order valence-corrected chi connectivity index (χ4v) is 2.48. The number of halogens is 1. The smallest absolute Gasteiger partial charge is 0.193 e. The van der Waals surface area contributed by atoms with Crippen LogP contribution in [0.15, 0.2) is 22.5 Å². The number of hydrogen-bond acceptors (Lipinski definition) is 2. The van der Waals surface area contributed by atoms with Crippen LogP contribution in [0.25, 0.3) is 0 Å². The third kappa shape index (κ3) is 5.14. The molecule has 0 saturated heterocycles. The maximum Gasteiger partial charge on any atom is 0.193 e. The van der Waals surface area contributed by atoms with Crippen LogP contribution in [0.4, 0.5) is 0 Å². The molecule has 1 fully saturated rings. The van der Waals surface area contributed by atoms with Gasteiger partial charge in [0.15, 0.2) is 5.96 Å². The molecule has 1 aromatic heterocycles. The van der Waals surface area contributed by atoms with Crippen molar-refractivity contribution in [2.24, 2.45) is 10.9 Å². The molecule has 0 aromatic carbocycles. The molecule has 1 saturated carbocycles. The maximum atomic E-state index is 4.32. The van der Waals surface area contributed by atoms with Gasteiger partial charge in [-0.05, 0) is 36.6 Å². The normalized spacial score (nSPS) is 15.1. The molecule has 102 valence electrons. The number of nitrogens with one attached hydrogen (secondary N) is 1. The number of rotatable bonds is 5. The van der Waals surface area contributed by atoms with Gasteiger partial charge in [-0.3, -0.25) is 4.99 Å². The van der Waals surface area contributed by atoms with Gasteiger partial charge in [-0.1, -0.05) is 6.07 Å². The second kappa shape index (κ2) is 7.99. The molecule has 5 heteroatoms. The monoisotopic (exact) mass is 379 g/mol. The molecule has 1 aromatic rings. The molecule has 1 heterocycles. The molecule has 0 amide bonds. The number of hydrogen-bond donors (Lipinski definition) is 1. The largest absolute Gasteiger partial charge is 0.356 e. The van der Waals surface area contributed by atoms with Crippen LogP contribution in [0.5, 0.6) is 0 Å². The lowest BCUT2D eigenvalue weighted by molar-refractivity contribution is 0.484. The highest BCUT2D eigenvalue weighted by Gasteiger charge is 2.21. The van der Waals surface area contributed by atoms with Crippen LogP contribution < -0.4 is 5.32 Å². The Hall–Kier alpha value is -0.300. The summed E-state index contributed by atoms with van der Waals surface area (Å²) in [5.74, 6) is 1.91. The Morgan fingerprint density at radius 1 is 1.56 bits per heavy atom. The van der Waals surface area contributed by atoms with E-state index in [-0.39, 0.29) is 24.0 Å². The molecule has 3 nitrogen and oxygen atoms in total. The molecular weight excluding hydrogens is 357 g/mol. The van der Waals surface area contributed by atoms with Crippen molar-refractivity contribution in [1.29, 1.82) is 0 Å². The van der Waals surface area contributed by atoms with E-state index in [1.54, 1.807) is 0 Å². The first kappa shape index (κ1) is 15.8. The average molecular weight is 379 g/mol. The summed E-state index contributed by atoms with van der Waals surface area (Å²) >= 11 is 1.83. The standard InChI is InChI=1S/C13H21N3S.HI/c1-14-13(15-10-11-5-6-11)16(2)8-7-12-4-3-9-17-12;/h3-4,9,11H,5-8,10H2,1-2H3,(H,14,15);1H. The van der Waals surface area contributed by atoms with Gasteiger partial charge >= 0.3 is 0 Å². The highest BCUT2D eigenvalue weighted by molar-refractivity contribution is 14.0. The molecule has 1 aliphatic carbocycles. The van der Waals surface area contributed by atoms with Gasteiger partial charge in [0.05, 0.1) is 0 Å². The van der Waals surface area contributed by atoms with E-state index in [0.29, 0.717) is 0 Å². The summed E-state index contributed by atoms with van der Waals surface area (Å²) in [6.07, 6.45) is 3.85. The van der Waals surface area contributed by atoms with Crippen molar-refractivity contribution in [3.8, 4) is 0 Å². The van der Waals surface area contributed by atoms with E-state index in [1.165, 1.54) is 17.7 Å². The highest BCUT2D eigenvalue weighted by Crippen LogP contribution is 2.27. The molecule has 0 atom stereocenters. The molecule has 0 unspecified atom stereocenters. The lowest BCUT2D eigenvalue weighted by Crippen LogP contribution is -2.40. The third-order valence-electron chi connectivity index (χ3n) is 3.09. The van der Waals surface area contributed by atoms with Crippen molar-refractivity contribution in [2.45, 2.75) is 19.3 Å². The van der Waals surface area contributed by atoms with E-state index in [4.69, 9.17) is 0 Å². The van der Waals surface area contributed by atoms with Crippen LogP contribution in [-0.2, 0) is 6.42 Å². The van der Waals surface area contributed by atoms with Crippen LogP contribution in [0.2, 0.25) is 0 Å². The number of likely N-dealkylation sites (N-methyl/N-ethyl adjacent to an activating group) is 1. The fourth-order valence-electron chi connectivity index (χ4n) is 1.78. The van der Waals surface area contributed by atoms with Gasteiger partial charge < -0.3 is 10.2 Å². The maximum absolute atomic E-state index is 4.32. The van der Waals surface area contributed by atoms with Gasteiger partial charge in [0.2, 0.25) is 0 Å². The summed E-state index contributed by atoms with van der Waals surface area (Å²) in [6, 6.07) is 4.30. The Morgan fingerprint density at radius 2 is 2.33 bits per heavy atom. The van der Waals surface area contributed by atoms with Gasteiger partial charge in [-0.25, -0.2) is 0 Å². The van der Waals surface area contributed by atoms with Crippen molar-refractivity contribution >= 4 is 41.3 Å².